The van der Waals surface area contributed by atoms with Gasteiger partial charge in [-0.15, -0.1) is 11.8 Å². The van der Waals surface area contributed by atoms with Gasteiger partial charge in [-0.05, 0) is 18.2 Å². The molecule has 0 unspecified atom stereocenters. The number of nitrogens with zero attached hydrogens (tertiary/aromatic N) is 1. The van der Waals surface area contributed by atoms with Crippen LogP contribution in [-0.2, 0) is 5.75 Å². The van der Waals surface area contributed by atoms with Crippen molar-refractivity contribution < 1.29 is 13.7 Å². The van der Waals surface area contributed by atoms with Crippen LogP contribution in [0.4, 0.5) is 14.5 Å². The second-order valence-electron chi connectivity index (χ2n) is 3.75. The van der Waals surface area contributed by atoms with Gasteiger partial charge in [-0.3, -0.25) is 10.1 Å². The zero-order valence-electron chi connectivity index (χ0n) is 9.68. The van der Waals surface area contributed by atoms with Crippen LogP contribution in [-0.4, -0.2) is 4.92 Å². The molecule has 0 spiro atoms. The molecule has 0 saturated heterocycles. The molecule has 2 aromatic carbocycles. The molecule has 3 nitrogen and oxygen atoms in total. The predicted octanol–water partition coefficient (Wildman–Crippen LogP) is 4.17. The summed E-state index contributed by atoms with van der Waals surface area (Å²) in [5.41, 5.74) is 0.268. The van der Waals surface area contributed by atoms with Crippen LogP contribution in [0.1, 0.15) is 5.56 Å². The Hall–Kier alpha value is -1.95. The number of hydrogen-bond donors (Lipinski definition) is 0. The fraction of sp³-hybridized carbons (Fsp3) is 0.0769. The minimum absolute atomic E-state index is 0.00119. The quantitative estimate of drug-likeness (QED) is 0.480. The van der Waals surface area contributed by atoms with Crippen LogP contribution in [0.15, 0.2) is 47.4 Å². The van der Waals surface area contributed by atoms with Gasteiger partial charge in [0.1, 0.15) is 0 Å². The van der Waals surface area contributed by atoms with Gasteiger partial charge in [0.05, 0.1) is 4.92 Å². The highest BCUT2D eigenvalue weighted by atomic mass is 32.2. The lowest BCUT2D eigenvalue weighted by Crippen LogP contribution is -1.91. The zero-order chi connectivity index (χ0) is 13.8. The Bertz CT molecular complexity index is 602. The van der Waals surface area contributed by atoms with Crippen molar-refractivity contribution in [2.75, 3.05) is 0 Å². The number of benzene rings is 2. The molecule has 0 aliphatic carbocycles. The lowest BCUT2D eigenvalue weighted by Gasteiger charge is -2.04. The summed E-state index contributed by atoms with van der Waals surface area (Å²) in [7, 11) is 0. The molecule has 2 aromatic rings. The van der Waals surface area contributed by atoms with E-state index < -0.39 is 16.6 Å². The maximum Gasteiger partial charge on any atom is 0.269 e. The van der Waals surface area contributed by atoms with E-state index in [1.165, 1.54) is 36.0 Å². The summed E-state index contributed by atoms with van der Waals surface area (Å²) in [6.45, 7) is 0. The van der Waals surface area contributed by atoms with E-state index in [4.69, 9.17) is 0 Å². The lowest BCUT2D eigenvalue weighted by molar-refractivity contribution is -0.384. The number of rotatable bonds is 4. The van der Waals surface area contributed by atoms with Crippen molar-refractivity contribution in [3.8, 4) is 0 Å². The number of nitro benzene ring substituents is 1. The Labute approximate surface area is 112 Å². The van der Waals surface area contributed by atoms with Gasteiger partial charge in [0, 0.05) is 28.3 Å². The summed E-state index contributed by atoms with van der Waals surface area (Å²) < 4.78 is 26.4. The first-order chi connectivity index (χ1) is 9.08. The van der Waals surface area contributed by atoms with Gasteiger partial charge in [0.15, 0.2) is 11.6 Å². The highest BCUT2D eigenvalue weighted by molar-refractivity contribution is 7.98. The maximum atomic E-state index is 13.4. The van der Waals surface area contributed by atoms with Crippen molar-refractivity contribution in [3.05, 3.63) is 69.8 Å². The maximum absolute atomic E-state index is 13.4. The Balaban J connectivity index is 2.06. The molecule has 6 heteroatoms. The van der Waals surface area contributed by atoms with Gasteiger partial charge in [-0.1, -0.05) is 12.1 Å². The van der Waals surface area contributed by atoms with Crippen LogP contribution >= 0.6 is 11.8 Å². The average Bonchev–Trinajstić information content (AvgIpc) is 2.41. The zero-order valence-corrected chi connectivity index (χ0v) is 10.5. The summed E-state index contributed by atoms with van der Waals surface area (Å²) in [5.74, 6) is -1.46. The average molecular weight is 281 g/mol. The fourth-order valence-electron chi connectivity index (χ4n) is 1.49. The van der Waals surface area contributed by atoms with Crippen molar-refractivity contribution in [1.29, 1.82) is 0 Å². The van der Waals surface area contributed by atoms with Crippen LogP contribution in [0.2, 0.25) is 0 Å². The molecule has 0 saturated carbocycles. The first-order valence-corrected chi connectivity index (χ1v) is 6.36. The summed E-state index contributed by atoms with van der Waals surface area (Å²) >= 11 is 1.29. The van der Waals surface area contributed by atoms with E-state index in [0.717, 1.165) is 11.0 Å². The van der Waals surface area contributed by atoms with E-state index in [1.54, 1.807) is 12.1 Å². The van der Waals surface area contributed by atoms with E-state index in [-0.39, 0.29) is 17.0 Å². The topological polar surface area (TPSA) is 43.1 Å². The number of thioether (sulfide) groups is 1. The second-order valence-corrected chi connectivity index (χ2v) is 4.80. The summed E-state index contributed by atoms with van der Waals surface area (Å²) in [6.07, 6.45) is 0. The molecule has 0 aliphatic rings. The molecular weight excluding hydrogens is 272 g/mol. The van der Waals surface area contributed by atoms with E-state index in [9.17, 15) is 18.9 Å². The standard InChI is InChI=1S/C13H9F2NO2S/c14-12-3-1-2-9(13(12)15)8-19-11-6-4-10(5-7-11)16(17)18/h1-7H,8H2. The third-order valence-electron chi connectivity index (χ3n) is 2.47. The molecule has 2 rings (SSSR count). The normalized spacial score (nSPS) is 10.4. The summed E-state index contributed by atoms with van der Waals surface area (Å²) in [5, 5.41) is 10.5. The number of non-ortho nitro benzene ring substituents is 1. The minimum Gasteiger partial charge on any atom is -0.258 e. The Morgan fingerprint density at radius 1 is 1.11 bits per heavy atom. The summed E-state index contributed by atoms with van der Waals surface area (Å²) in [6, 6.07) is 9.95. The summed E-state index contributed by atoms with van der Waals surface area (Å²) in [4.78, 5) is 10.8. The Morgan fingerprint density at radius 2 is 1.79 bits per heavy atom. The molecule has 0 heterocycles. The highest BCUT2D eigenvalue weighted by Gasteiger charge is 2.09. The van der Waals surface area contributed by atoms with Gasteiger partial charge in [0.25, 0.3) is 5.69 Å². The molecule has 0 fully saturated rings. The first-order valence-electron chi connectivity index (χ1n) is 5.38. The molecule has 0 aliphatic heterocycles. The molecule has 0 N–H and O–H groups in total. The van der Waals surface area contributed by atoms with Crippen LogP contribution in [0, 0.1) is 21.7 Å². The molecule has 0 atom stereocenters. The van der Waals surface area contributed by atoms with Gasteiger partial charge in [-0.25, -0.2) is 8.78 Å². The minimum atomic E-state index is -0.873. The van der Waals surface area contributed by atoms with E-state index in [1.807, 2.05) is 0 Å². The van der Waals surface area contributed by atoms with Gasteiger partial charge < -0.3 is 0 Å². The van der Waals surface area contributed by atoms with Gasteiger partial charge in [-0.2, -0.15) is 0 Å². The first kappa shape index (κ1) is 13.5. The fourth-order valence-corrected chi connectivity index (χ4v) is 2.36. The Kier molecular flexibility index (Phi) is 4.11. The van der Waals surface area contributed by atoms with Gasteiger partial charge >= 0.3 is 0 Å². The second kappa shape index (κ2) is 5.79. The molecule has 0 aromatic heterocycles. The smallest absolute Gasteiger partial charge is 0.258 e. The SMILES string of the molecule is O=[N+]([O-])c1ccc(SCc2cccc(F)c2F)cc1. The monoisotopic (exact) mass is 281 g/mol. The van der Waals surface area contributed by atoms with Crippen LogP contribution in [0.5, 0.6) is 0 Å². The van der Waals surface area contributed by atoms with Crippen molar-refractivity contribution in [2.24, 2.45) is 0 Å². The molecule has 19 heavy (non-hydrogen) atoms. The molecule has 0 bridgehead atoms. The molecular formula is C13H9F2NO2S. The van der Waals surface area contributed by atoms with E-state index >= 15 is 0 Å². The Morgan fingerprint density at radius 3 is 2.42 bits per heavy atom. The van der Waals surface area contributed by atoms with Crippen LogP contribution in [0.25, 0.3) is 0 Å². The number of hydrogen-bond acceptors (Lipinski definition) is 3. The van der Waals surface area contributed by atoms with Crippen LogP contribution in [0.3, 0.4) is 0 Å². The van der Waals surface area contributed by atoms with E-state index in [2.05, 4.69) is 0 Å². The largest absolute Gasteiger partial charge is 0.269 e. The number of nitro groups is 1. The third-order valence-corrected chi connectivity index (χ3v) is 3.53. The lowest BCUT2D eigenvalue weighted by atomic mass is 10.2. The predicted molar refractivity (Wildman–Crippen MR) is 69.0 cm³/mol. The van der Waals surface area contributed by atoms with Crippen molar-refractivity contribution in [3.63, 3.8) is 0 Å². The molecule has 0 radical (unpaired) electrons. The van der Waals surface area contributed by atoms with Gasteiger partial charge in [0.2, 0.25) is 0 Å². The van der Waals surface area contributed by atoms with Crippen LogP contribution < -0.4 is 0 Å². The van der Waals surface area contributed by atoms with E-state index in [0.29, 0.717) is 0 Å². The molecule has 0 amide bonds. The number of halogens is 2. The van der Waals surface area contributed by atoms with Crippen molar-refractivity contribution >= 4 is 17.4 Å². The highest BCUT2D eigenvalue weighted by Crippen LogP contribution is 2.26. The van der Waals surface area contributed by atoms with Crippen molar-refractivity contribution in [2.45, 2.75) is 10.6 Å². The van der Waals surface area contributed by atoms with Crippen molar-refractivity contribution in [1.82, 2.24) is 0 Å². The molecule has 98 valence electrons. The third kappa shape index (κ3) is 3.29.